The van der Waals surface area contributed by atoms with E-state index in [1.165, 1.54) is 10.5 Å². The van der Waals surface area contributed by atoms with Crippen LogP contribution in [0.25, 0.3) is 0 Å². The van der Waals surface area contributed by atoms with Gasteiger partial charge in [0, 0.05) is 26.1 Å². The van der Waals surface area contributed by atoms with E-state index in [1.54, 1.807) is 0 Å². The Morgan fingerprint density at radius 1 is 1.10 bits per heavy atom. The smallest absolute Gasteiger partial charge is 0.305 e. The first-order valence-corrected chi connectivity index (χ1v) is 7.19. The molecule has 0 heterocycles. The van der Waals surface area contributed by atoms with Crippen molar-refractivity contribution in [3.05, 3.63) is 35.4 Å². The maximum atomic E-state index is 12.2. The molecule has 0 saturated carbocycles. The van der Waals surface area contributed by atoms with Crippen molar-refractivity contribution in [2.45, 2.75) is 32.6 Å². The third-order valence-corrected chi connectivity index (χ3v) is 3.28. The van der Waals surface area contributed by atoms with Crippen LogP contribution in [0.2, 0.25) is 0 Å². The molecule has 5 heteroatoms. The van der Waals surface area contributed by atoms with Crippen molar-refractivity contribution in [2.24, 2.45) is 0 Å². The minimum Gasteiger partial charge on any atom is -0.481 e. The van der Waals surface area contributed by atoms with Gasteiger partial charge in [-0.1, -0.05) is 29.8 Å². The summed E-state index contributed by atoms with van der Waals surface area (Å²) >= 11 is 0. The molecule has 1 aromatic carbocycles. The number of aryl methyl sites for hydroxylation is 2. The van der Waals surface area contributed by atoms with Crippen molar-refractivity contribution < 1.29 is 19.8 Å². The van der Waals surface area contributed by atoms with Crippen molar-refractivity contribution in [2.75, 3.05) is 19.7 Å². The molecule has 0 spiro atoms. The molecule has 5 nitrogen and oxygen atoms in total. The molecule has 0 aliphatic heterocycles. The number of rotatable bonds is 9. The highest BCUT2D eigenvalue weighted by molar-refractivity contribution is 5.77. The van der Waals surface area contributed by atoms with E-state index in [0.29, 0.717) is 25.8 Å². The van der Waals surface area contributed by atoms with Gasteiger partial charge in [0.25, 0.3) is 0 Å². The van der Waals surface area contributed by atoms with Crippen LogP contribution >= 0.6 is 0 Å². The van der Waals surface area contributed by atoms with E-state index < -0.39 is 5.97 Å². The van der Waals surface area contributed by atoms with Crippen molar-refractivity contribution in [1.29, 1.82) is 0 Å². The third kappa shape index (κ3) is 6.90. The fraction of sp³-hybridized carbons (Fsp3) is 0.500. The van der Waals surface area contributed by atoms with Gasteiger partial charge in [0.15, 0.2) is 0 Å². The van der Waals surface area contributed by atoms with E-state index in [1.807, 2.05) is 31.2 Å². The van der Waals surface area contributed by atoms with E-state index in [-0.39, 0.29) is 25.5 Å². The van der Waals surface area contributed by atoms with Crippen LogP contribution in [0.15, 0.2) is 24.3 Å². The van der Waals surface area contributed by atoms with Crippen LogP contribution in [0.4, 0.5) is 0 Å². The Bertz CT molecular complexity index is 456. The molecule has 0 fully saturated rings. The third-order valence-electron chi connectivity index (χ3n) is 3.28. The van der Waals surface area contributed by atoms with E-state index in [0.717, 1.165) is 5.56 Å². The number of carboxylic acids is 1. The van der Waals surface area contributed by atoms with Crippen molar-refractivity contribution in [1.82, 2.24) is 4.90 Å². The molecule has 0 unspecified atom stereocenters. The van der Waals surface area contributed by atoms with Crippen LogP contribution in [0, 0.1) is 6.92 Å². The van der Waals surface area contributed by atoms with Gasteiger partial charge in [0.05, 0.1) is 6.42 Å². The molecule has 0 atom stereocenters. The van der Waals surface area contributed by atoms with Crippen LogP contribution in [-0.2, 0) is 16.0 Å². The molecule has 0 radical (unpaired) electrons. The number of carbonyl (C=O) groups excluding carboxylic acids is 1. The van der Waals surface area contributed by atoms with Gasteiger partial charge in [-0.25, -0.2) is 0 Å². The molecular formula is C16H23NO4. The Morgan fingerprint density at radius 2 is 1.76 bits per heavy atom. The average molecular weight is 293 g/mol. The van der Waals surface area contributed by atoms with Gasteiger partial charge in [-0.2, -0.15) is 0 Å². The zero-order chi connectivity index (χ0) is 15.7. The van der Waals surface area contributed by atoms with E-state index in [9.17, 15) is 9.59 Å². The Morgan fingerprint density at radius 3 is 2.33 bits per heavy atom. The summed E-state index contributed by atoms with van der Waals surface area (Å²) in [7, 11) is 0. The van der Waals surface area contributed by atoms with Crippen molar-refractivity contribution >= 4 is 11.9 Å². The number of amides is 1. The number of aliphatic carboxylic acids is 1. The molecule has 0 bridgehead atoms. The first kappa shape index (κ1) is 17.2. The average Bonchev–Trinajstić information content (AvgIpc) is 2.46. The Kier molecular flexibility index (Phi) is 7.46. The molecule has 0 aromatic heterocycles. The van der Waals surface area contributed by atoms with Crippen LogP contribution in [-0.4, -0.2) is 46.7 Å². The van der Waals surface area contributed by atoms with Crippen molar-refractivity contribution in [3.63, 3.8) is 0 Å². The minimum atomic E-state index is -0.921. The maximum Gasteiger partial charge on any atom is 0.305 e. The van der Waals surface area contributed by atoms with Crippen LogP contribution in [0.3, 0.4) is 0 Å². The largest absolute Gasteiger partial charge is 0.481 e. The SMILES string of the molecule is Cc1ccc(CCC(=O)N(CCCO)CCC(=O)O)cc1. The summed E-state index contributed by atoms with van der Waals surface area (Å²) in [6.07, 6.45) is 1.40. The summed E-state index contributed by atoms with van der Waals surface area (Å²) in [5, 5.41) is 17.6. The quantitative estimate of drug-likeness (QED) is 0.725. The van der Waals surface area contributed by atoms with Crippen LogP contribution in [0.5, 0.6) is 0 Å². The van der Waals surface area contributed by atoms with E-state index in [2.05, 4.69) is 0 Å². The standard InChI is InChI=1S/C16H23NO4/c1-13-3-5-14(6-4-13)7-8-15(19)17(10-2-12-18)11-9-16(20)21/h3-6,18H,2,7-12H2,1H3,(H,20,21). The molecule has 116 valence electrons. The normalized spacial score (nSPS) is 10.4. The van der Waals surface area contributed by atoms with Gasteiger partial charge in [0.2, 0.25) is 5.91 Å². The molecule has 0 saturated heterocycles. The number of nitrogens with zero attached hydrogens (tertiary/aromatic N) is 1. The Labute approximate surface area is 125 Å². The van der Waals surface area contributed by atoms with Gasteiger partial charge in [-0.15, -0.1) is 0 Å². The molecule has 1 rings (SSSR count). The lowest BCUT2D eigenvalue weighted by Gasteiger charge is -2.21. The number of carbonyl (C=O) groups is 2. The lowest BCUT2D eigenvalue weighted by molar-refractivity contribution is -0.138. The number of hydrogen-bond acceptors (Lipinski definition) is 3. The first-order chi connectivity index (χ1) is 10.0. The number of aliphatic hydroxyl groups excluding tert-OH is 1. The highest BCUT2D eigenvalue weighted by Gasteiger charge is 2.14. The number of hydrogen-bond donors (Lipinski definition) is 2. The molecule has 1 aromatic rings. The minimum absolute atomic E-state index is 0.00515. The zero-order valence-corrected chi connectivity index (χ0v) is 12.4. The number of benzene rings is 1. The Hall–Kier alpha value is -1.88. The number of aliphatic hydroxyl groups is 1. The summed E-state index contributed by atoms with van der Waals surface area (Å²) in [4.78, 5) is 24.3. The van der Waals surface area contributed by atoms with E-state index >= 15 is 0 Å². The molecular weight excluding hydrogens is 270 g/mol. The van der Waals surface area contributed by atoms with Gasteiger partial charge in [-0.05, 0) is 25.3 Å². The second kappa shape index (κ2) is 9.13. The molecule has 1 amide bonds. The van der Waals surface area contributed by atoms with Crippen LogP contribution in [0.1, 0.15) is 30.4 Å². The second-order valence-corrected chi connectivity index (χ2v) is 5.09. The summed E-state index contributed by atoms with van der Waals surface area (Å²) in [6.45, 7) is 2.60. The van der Waals surface area contributed by atoms with Crippen molar-refractivity contribution in [3.8, 4) is 0 Å². The zero-order valence-electron chi connectivity index (χ0n) is 12.4. The van der Waals surface area contributed by atoms with Gasteiger partial charge < -0.3 is 15.1 Å². The van der Waals surface area contributed by atoms with Gasteiger partial charge >= 0.3 is 5.97 Å². The lowest BCUT2D eigenvalue weighted by Crippen LogP contribution is -2.34. The molecule has 0 aliphatic carbocycles. The summed E-state index contributed by atoms with van der Waals surface area (Å²) < 4.78 is 0. The fourth-order valence-corrected chi connectivity index (χ4v) is 2.02. The summed E-state index contributed by atoms with van der Waals surface area (Å²) in [5.74, 6) is -0.986. The van der Waals surface area contributed by atoms with Gasteiger partial charge in [-0.3, -0.25) is 9.59 Å². The molecule has 0 aliphatic rings. The monoisotopic (exact) mass is 293 g/mol. The highest BCUT2D eigenvalue weighted by Crippen LogP contribution is 2.08. The molecule has 21 heavy (non-hydrogen) atoms. The number of carboxylic acid groups (broad SMARTS) is 1. The summed E-state index contributed by atoms with van der Waals surface area (Å²) in [5.41, 5.74) is 2.27. The van der Waals surface area contributed by atoms with E-state index in [4.69, 9.17) is 10.2 Å². The first-order valence-electron chi connectivity index (χ1n) is 7.19. The predicted molar refractivity (Wildman–Crippen MR) is 80.0 cm³/mol. The Balaban J connectivity index is 2.50. The second-order valence-electron chi connectivity index (χ2n) is 5.09. The summed E-state index contributed by atoms with van der Waals surface area (Å²) in [6, 6.07) is 8.01. The predicted octanol–water partition coefficient (Wildman–Crippen LogP) is 1.61. The van der Waals surface area contributed by atoms with Crippen LogP contribution < -0.4 is 0 Å². The highest BCUT2D eigenvalue weighted by atomic mass is 16.4. The lowest BCUT2D eigenvalue weighted by atomic mass is 10.1. The fourth-order valence-electron chi connectivity index (χ4n) is 2.02. The topological polar surface area (TPSA) is 77.8 Å². The maximum absolute atomic E-state index is 12.2. The van der Waals surface area contributed by atoms with Gasteiger partial charge in [0.1, 0.15) is 0 Å². The molecule has 2 N–H and O–H groups in total.